The average Bonchev–Trinajstić information content (AvgIpc) is 2.73. The molecule has 168 valence electrons. The first-order chi connectivity index (χ1) is 14.7. The van der Waals surface area contributed by atoms with Crippen molar-refractivity contribution in [3.63, 3.8) is 0 Å². The van der Waals surface area contributed by atoms with Crippen molar-refractivity contribution in [1.82, 2.24) is 10.2 Å². The maximum Gasteiger partial charge on any atom is 0.242 e. The molecule has 0 heterocycles. The van der Waals surface area contributed by atoms with Crippen molar-refractivity contribution in [1.29, 1.82) is 0 Å². The summed E-state index contributed by atoms with van der Waals surface area (Å²) in [4.78, 5) is 27.3. The minimum Gasteiger partial charge on any atom is -0.352 e. The van der Waals surface area contributed by atoms with Crippen LogP contribution >= 0.6 is 35.0 Å². The van der Waals surface area contributed by atoms with Crippen molar-refractivity contribution in [2.45, 2.75) is 51.6 Å². The van der Waals surface area contributed by atoms with Gasteiger partial charge in [-0.3, -0.25) is 9.59 Å². The molecule has 0 aliphatic rings. The Morgan fingerprint density at radius 1 is 1.13 bits per heavy atom. The van der Waals surface area contributed by atoms with Crippen molar-refractivity contribution in [3.05, 3.63) is 69.5 Å². The highest BCUT2D eigenvalue weighted by atomic mass is 35.5. The zero-order valence-corrected chi connectivity index (χ0v) is 20.2. The smallest absolute Gasteiger partial charge is 0.242 e. The van der Waals surface area contributed by atoms with Gasteiger partial charge in [0.2, 0.25) is 11.8 Å². The molecule has 2 rings (SSSR count). The van der Waals surface area contributed by atoms with Crippen molar-refractivity contribution >= 4 is 46.8 Å². The van der Waals surface area contributed by atoms with Gasteiger partial charge in [-0.1, -0.05) is 48.3 Å². The summed E-state index contributed by atoms with van der Waals surface area (Å²) in [5.41, 5.74) is 1.64. The molecule has 0 aliphatic carbocycles. The summed E-state index contributed by atoms with van der Waals surface area (Å²) in [7, 11) is 0. The van der Waals surface area contributed by atoms with Crippen LogP contribution in [0.2, 0.25) is 10.0 Å². The van der Waals surface area contributed by atoms with Crippen LogP contribution in [-0.2, 0) is 21.9 Å². The zero-order valence-electron chi connectivity index (χ0n) is 17.8. The predicted molar refractivity (Wildman–Crippen MR) is 127 cm³/mol. The lowest BCUT2D eigenvalue weighted by Gasteiger charge is -2.30. The van der Waals surface area contributed by atoms with Gasteiger partial charge in [0.05, 0.1) is 5.75 Å². The van der Waals surface area contributed by atoms with Gasteiger partial charge in [-0.2, -0.15) is 0 Å². The zero-order chi connectivity index (χ0) is 23.0. The molecule has 0 fully saturated rings. The van der Waals surface area contributed by atoms with Gasteiger partial charge in [0.1, 0.15) is 11.9 Å². The molecule has 0 radical (unpaired) electrons. The highest BCUT2D eigenvalue weighted by Crippen LogP contribution is 2.24. The Balaban J connectivity index is 2.11. The van der Waals surface area contributed by atoms with E-state index < -0.39 is 6.04 Å². The number of halogens is 3. The molecule has 0 aromatic heterocycles. The number of hydrogen-bond acceptors (Lipinski definition) is 3. The van der Waals surface area contributed by atoms with Crippen LogP contribution in [0.15, 0.2) is 42.5 Å². The number of carbonyl (C=O) groups excluding carboxylic acids is 2. The van der Waals surface area contributed by atoms with E-state index in [0.717, 1.165) is 12.0 Å². The number of carbonyl (C=O) groups is 2. The van der Waals surface area contributed by atoms with Gasteiger partial charge in [-0.25, -0.2) is 4.39 Å². The van der Waals surface area contributed by atoms with E-state index in [2.05, 4.69) is 5.32 Å². The van der Waals surface area contributed by atoms with Gasteiger partial charge in [0.15, 0.2) is 0 Å². The number of nitrogens with one attached hydrogen (secondary N) is 1. The Hall–Kier alpha value is -1.76. The molecule has 2 aromatic rings. The first-order valence-electron chi connectivity index (χ1n) is 10.1. The summed E-state index contributed by atoms with van der Waals surface area (Å²) >= 11 is 13.7. The topological polar surface area (TPSA) is 49.4 Å². The van der Waals surface area contributed by atoms with Crippen LogP contribution in [0.1, 0.15) is 38.3 Å². The van der Waals surface area contributed by atoms with E-state index in [1.807, 2.05) is 13.8 Å². The number of nitrogens with zero attached hydrogens (tertiary/aromatic N) is 1. The number of hydrogen-bond donors (Lipinski definition) is 1. The second-order valence-corrected chi connectivity index (χ2v) is 9.20. The Morgan fingerprint density at radius 3 is 2.42 bits per heavy atom. The molecule has 0 spiro atoms. The molecule has 0 saturated carbocycles. The monoisotopic (exact) mass is 484 g/mol. The Labute approximate surface area is 197 Å². The molecule has 0 aliphatic heterocycles. The van der Waals surface area contributed by atoms with Crippen LogP contribution < -0.4 is 5.32 Å². The van der Waals surface area contributed by atoms with Crippen molar-refractivity contribution in [2.75, 3.05) is 5.75 Å². The second kappa shape index (κ2) is 12.3. The van der Waals surface area contributed by atoms with Gasteiger partial charge < -0.3 is 10.2 Å². The normalized spacial score (nSPS) is 12.8. The second-order valence-electron chi connectivity index (χ2n) is 7.37. The third-order valence-corrected chi connectivity index (χ3v) is 6.51. The number of benzene rings is 2. The van der Waals surface area contributed by atoms with E-state index in [0.29, 0.717) is 21.4 Å². The molecule has 2 aromatic carbocycles. The van der Waals surface area contributed by atoms with Crippen LogP contribution in [-0.4, -0.2) is 34.6 Å². The van der Waals surface area contributed by atoms with Crippen LogP contribution in [0.5, 0.6) is 0 Å². The van der Waals surface area contributed by atoms with Gasteiger partial charge >= 0.3 is 0 Å². The summed E-state index contributed by atoms with van der Waals surface area (Å²) in [6, 6.07) is 10.6. The van der Waals surface area contributed by atoms with Crippen molar-refractivity contribution in [2.24, 2.45) is 0 Å². The van der Waals surface area contributed by atoms with Gasteiger partial charge in [-0.15, -0.1) is 11.8 Å². The van der Waals surface area contributed by atoms with E-state index in [9.17, 15) is 14.0 Å². The fourth-order valence-electron chi connectivity index (χ4n) is 2.80. The third kappa shape index (κ3) is 8.02. The molecule has 1 N–H and O–H groups in total. The minimum atomic E-state index is -0.667. The van der Waals surface area contributed by atoms with Crippen LogP contribution in [0, 0.1) is 5.82 Å². The maximum absolute atomic E-state index is 13.1. The molecule has 2 amide bonds. The SMILES string of the molecule is CC[C@H](C)NC(=O)[C@@H](C)N(Cc1ccc(Cl)cc1Cl)C(=O)CSCc1ccc(F)cc1. The molecule has 0 bridgehead atoms. The minimum absolute atomic E-state index is 0.0128. The van der Waals surface area contributed by atoms with E-state index in [1.54, 1.807) is 37.3 Å². The van der Waals surface area contributed by atoms with Crippen LogP contribution in [0.3, 0.4) is 0 Å². The Kier molecular flexibility index (Phi) is 10.1. The molecule has 0 unspecified atom stereocenters. The first kappa shape index (κ1) is 25.5. The predicted octanol–water partition coefficient (Wildman–Crippen LogP) is 5.70. The van der Waals surface area contributed by atoms with Crippen molar-refractivity contribution < 1.29 is 14.0 Å². The lowest BCUT2D eigenvalue weighted by Crippen LogP contribution is -2.50. The Morgan fingerprint density at radius 2 is 1.81 bits per heavy atom. The van der Waals surface area contributed by atoms with E-state index in [-0.39, 0.29) is 36.0 Å². The number of thioether (sulfide) groups is 1. The fraction of sp³-hybridized carbons (Fsp3) is 0.391. The van der Waals surface area contributed by atoms with Gasteiger partial charge in [0.25, 0.3) is 0 Å². The molecule has 31 heavy (non-hydrogen) atoms. The molecule has 0 saturated heterocycles. The summed E-state index contributed by atoms with van der Waals surface area (Å²) in [5, 5.41) is 3.88. The van der Waals surface area contributed by atoms with E-state index in [1.165, 1.54) is 28.8 Å². The summed E-state index contributed by atoms with van der Waals surface area (Å²) in [6.07, 6.45) is 0.795. The molecule has 2 atom stereocenters. The number of rotatable bonds is 10. The van der Waals surface area contributed by atoms with Crippen molar-refractivity contribution in [3.8, 4) is 0 Å². The largest absolute Gasteiger partial charge is 0.352 e. The molecule has 4 nitrogen and oxygen atoms in total. The average molecular weight is 485 g/mol. The Bertz CT molecular complexity index is 896. The van der Waals surface area contributed by atoms with E-state index >= 15 is 0 Å². The number of amides is 2. The molecular weight excluding hydrogens is 458 g/mol. The first-order valence-corrected chi connectivity index (χ1v) is 12.0. The fourth-order valence-corrected chi connectivity index (χ4v) is 4.14. The van der Waals surface area contributed by atoms with E-state index in [4.69, 9.17) is 23.2 Å². The molecular formula is C23H27Cl2FN2O2S. The summed E-state index contributed by atoms with van der Waals surface area (Å²) < 4.78 is 13.1. The van der Waals surface area contributed by atoms with Crippen LogP contribution in [0.25, 0.3) is 0 Å². The van der Waals surface area contributed by atoms with Gasteiger partial charge in [0, 0.05) is 28.4 Å². The van der Waals surface area contributed by atoms with Crippen LogP contribution in [0.4, 0.5) is 4.39 Å². The molecule has 8 heteroatoms. The third-order valence-electron chi connectivity index (χ3n) is 4.93. The maximum atomic E-state index is 13.1. The quantitative estimate of drug-likeness (QED) is 0.470. The standard InChI is InChI=1S/C23H27Cl2FN2O2S/c1-4-15(2)27-23(30)16(3)28(12-18-7-8-19(24)11-21(18)25)22(29)14-31-13-17-5-9-20(26)10-6-17/h5-11,15-16H,4,12-14H2,1-3H3,(H,27,30)/t15-,16+/m0/s1. The lowest BCUT2D eigenvalue weighted by molar-refractivity contribution is -0.138. The van der Waals surface area contributed by atoms with Gasteiger partial charge in [-0.05, 0) is 55.7 Å². The summed E-state index contributed by atoms with van der Waals surface area (Å²) in [5.74, 6) is 0.0664. The lowest BCUT2D eigenvalue weighted by atomic mass is 10.1. The highest BCUT2D eigenvalue weighted by molar-refractivity contribution is 7.99. The summed E-state index contributed by atoms with van der Waals surface area (Å²) in [6.45, 7) is 5.81. The highest BCUT2D eigenvalue weighted by Gasteiger charge is 2.27.